The summed E-state index contributed by atoms with van der Waals surface area (Å²) in [7, 11) is 1.75. The van der Waals surface area contributed by atoms with E-state index < -0.39 is 0 Å². The van der Waals surface area contributed by atoms with Crippen LogP contribution in [0.4, 0.5) is 5.69 Å². The van der Waals surface area contributed by atoms with Gasteiger partial charge in [-0.15, -0.1) is 48.6 Å². The average Bonchev–Trinajstić information content (AvgIpc) is 3.00. The molecule has 2 aromatic rings. The highest BCUT2D eigenvalue weighted by Gasteiger charge is 2.19. The number of piperazine rings is 1. The molecule has 3 rings (SSSR count). The van der Waals surface area contributed by atoms with E-state index in [4.69, 9.17) is 4.74 Å². The number of aryl methyl sites for hydroxylation is 1. The molecule has 9 heteroatoms. The first-order valence-electron chi connectivity index (χ1n) is 8.90. The van der Waals surface area contributed by atoms with Crippen molar-refractivity contribution in [3.8, 4) is 5.75 Å². The first-order valence-corrected chi connectivity index (χ1v) is 10.7. The summed E-state index contributed by atoms with van der Waals surface area (Å²) in [6.45, 7) is 9.77. The van der Waals surface area contributed by atoms with Crippen LogP contribution in [-0.4, -0.2) is 55.5 Å². The number of aromatic nitrogens is 1. The van der Waals surface area contributed by atoms with Gasteiger partial charge in [-0.05, 0) is 31.2 Å². The number of anilines is 1. The number of rotatable bonds is 7. The summed E-state index contributed by atoms with van der Waals surface area (Å²) in [6.07, 6.45) is 1.11. The highest BCUT2D eigenvalue weighted by Crippen LogP contribution is 2.29. The molecule has 28 heavy (non-hydrogen) atoms. The molecule has 4 nitrogen and oxygen atoms in total. The van der Waals surface area contributed by atoms with Gasteiger partial charge in [-0.1, -0.05) is 30.8 Å². The molecule has 160 valence electrons. The second-order valence-corrected chi connectivity index (χ2v) is 8.77. The third-order valence-corrected chi connectivity index (χ3v) is 6.84. The number of thiazole rings is 1. The summed E-state index contributed by atoms with van der Waals surface area (Å²) >= 11 is 3.72. The minimum absolute atomic E-state index is 0. The van der Waals surface area contributed by atoms with E-state index in [1.807, 2.05) is 35.2 Å². The van der Waals surface area contributed by atoms with Crippen molar-refractivity contribution in [3.63, 3.8) is 0 Å². The van der Waals surface area contributed by atoms with Crippen LogP contribution in [0.5, 0.6) is 5.75 Å². The number of halogens is 3. The lowest BCUT2D eigenvalue weighted by atomic mass is 10.2. The molecule has 0 aliphatic carbocycles. The van der Waals surface area contributed by atoms with Crippen molar-refractivity contribution < 1.29 is 4.74 Å². The van der Waals surface area contributed by atoms with E-state index >= 15 is 0 Å². The van der Waals surface area contributed by atoms with E-state index in [1.54, 1.807) is 7.11 Å². The Morgan fingerprint density at radius 2 is 1.79 bits per heavy atom. The topological polar surface area (TPSA) is 28.6 Å². The van der Waals surface area contributed by atoms with Crippen LogP contribution < -0.4 is 9.64 Å². The van der Waals surface area contributed by atoms with Crippen molar-refractivity contribution in [1.82, 2.24) is 9.88 Å². The molecule has 0 bridgehead atoms. The van der Waals surface area contributed by atoms with Crippen molar-refractivity contribution >= 4 is 66.0 Å². The summed E-state index contributed by atoms with van der Waals surface area (Å²) in [5.74, 6) is 2.06. The van der Waals surface area contributed by atoms with E-state index in [0.717, 1.165) is 50.6 Å². The molecule has 0 atom stereocenters. The third kappa shape index (κ3) is 7.15. The molecule has 1 saturated heterocycles. The second-order valence-electron chi connectivity index (χ2n) is 6.17. The number of thioether (sulfide) groups is 1. The Morgan fingerprint density at radius 3 is 2.43 bits per heavy atom. The molecule has 1 aliphatic rings. The molecule has 0 saturated carbocycles. The van der Waals surface area contributed by atoms with Crippen molar-refractivity contribution in [2.24, 2.45) is 0 Å². The standard InChI is InChI=1S/C19H27N3OS2.3ClH/c1-4-24-19-20-15(2)18(25-19)9-10-21-11-13-22(14-12-21)16-7-5-6-8-17(16)23-3;;;/h5-8H,4,9-14H2,1-3H3;3*1H. The van der Waals surface area contributed by atoms with Gasteiger partial charge in [0.1, 0.15) is 10.1 Å². The van der Waals surface area contributed by atoms with Gasteiger partial charge in [0, 0.05) is 37.6 Å². The fourth-order valence-corrected chi connectivity index (χ4v) is 5.30. The number of para-hydroxylation sites is 2. The van der Waals surface area contributed by atoms with E-state index in [1.165, 1.54) is 20.6 Å². The Balaban J connectivity index is 0.00000243. The predicted octanol–water partition coefficient (Wildman–Crippen LogP) is 5.20. The molecule has 1 aliphatic heterocycles. The van der Waals surface area contributed by atoms with Crippen LogP contribution in [0.3, 0.4) is 0 Å². The van der Waals surface area contributed by atoms with Crippen molar-refractivity contribution in [2.75, 3.05) is 50.5 Å². The van der Waals surface area contributed by atoms with Crippen LogP contribution in [0.25, 0.3) is 0 Å². The monoisotopic (exact) mass is 485 g/mol. The lowest BCUT2D eigenvalue weighted by Gasteiger charge is -2.36. The molecule has 0 N–H and O–H groups in total. The minimum Gasteiger partial charge on any atom is -0.495 e. The van der Waals surface area contributed by atoms with Gasteiger partial charge in [-0.2, -0.15) is 0 Å². The van der Waals surface area contributed by atoms with Gasteiger partial charge in [0.05, 0.1) is 18.5 Å². The van der Waals surface area contributed by atoms with E-state index in [-0.39, 0.29) is 37.2 Å². The van der Waals surface area contributed by atoms with Gasteiger partial charge in [0.25, 0.3) is 0 Å². The number of benzene rings is 1. The molecule has 2 heterocycles. The Kier molecular flexibility index (Phi) is 13.6. The lowest BCUT2D eigenvalue weighted by molar-refractivity contribution is 0.260. The van der Waals surface area contributed by atoms with Crippen LogP contribution in [0, 0.1) is 6.92 Å². The van der Waals surface area contributed by atoms with Crippen LogP contribution in [0.15, 0.2) is 28.6 Å². The zero-order valence-corrected chi connectivity index (χ0v) is 20.6. The molecular weight excluding hydrogens is 457 g/mol. The van der Waals surface area contributed by atoms with E-state index in [9.17, 15) is 0 Å². The number of hydrogen-bond acceptors (Lipinski definition) is 6. The van der Waals surface area contributed by atoms with Gasteiger partial charge < -0.3 is 9.64 Å². The number of ether oxygens (including phenoxy) is 1. The summed E-state index contributed by atoms with van der Waals surface area (Å²) in [4.78, 5) is 11.1. The molecule has 0 unspecified atom stereocenters. The Morgan fingerprint density at radius 1 is 1.11 bits per heavy atom. The third-order valence-electron chi connectivity index (χ3n) is 4.59. The molecule has 1 aromatic heterocycles. The van der Waals surface area contributed by atoms with Crippen molar-refractivity contribution in [2.45, 2.75) is 24.6 Å². The first-order chi connectivity index (χ1) is 12.2. The maximum Gasteiger partial charge on any atom is 0.150 e. The summed E-state index contributed by atoms with van der Waals surface area (Å²) in [5, 5.41) is 0. The zero-order chi connectivity index (χ0) is 17.6. The molecule has 0 spiro atoms. The molecular formula is C19H30Cl3N3OS2. The Hall–Kier alpha value is -0.370. The van der Waals surface area contributed by atoms with Crippen molar-refractivity contribution in [3.05, 3.63) is 34.8 Å². The SMILES string of the molecule is CCSc1nc(C)c(CCN2CCN(c3ccccc3OC)CC2)s1.Cl.Cl.Cl. The quantitative estimate of drug-likeness (QED) is 0.501. The largest absolute Gasteiger partial charge is 0.495 e. The summed E-state index contributed by atoms with van der Waals surface area (Å²) in [6, 6.07) is 8.31. The zero-order valence-electron chi connectivity index (χ0n) is 16.6. The smallest absolute Gasteiger partial charge is 0.150 e. The Bertz CT molecular complexity index is 695. The summed E-state index contributed by atoms with van der Waals surface area (Å²) < 4.78 is 6.72. The molecule has 0 amide bonds. The van der Waals surface area contributed by atoms with Crippen LogP contribution in [-0.2, 0) is 6.42 Å². The second kappa shape index (κ2) is 13.8. The van der Waals surface area contributed by atoms with E-state index in [0.29, 0.717) is 0 Å². The van der Waals surface area contributed by atoms with Gasteiger partial charge in [0.15, 0.2) is 0 Å². The fourth-order valence-electron chi connectivity index (χ4n) is 3.18. The Labute approximate surface area is 195 Å². The van der Waals surface area contributed by atoms with Crippen LogP contribution in [0.1, 0.15) is 17.5 Å². The predicted molar refractivity (Wildman–Crippen MR) is 130 cm³/mol. The highest BCUT2D eigenvalue weighted by molar-refractivity contribution is 8.01. The number of nitrogens with zero attached hydrogens (tertiary/aromatic N) is 3. The van der Waals surface area contributed by atoms with Crippen molar-refractivity contribution in [1.29, 1.82) is 0 Å². The van der Waals surface area contributed by atoms with Gasteiger partial charge in [-0.25, -0.2) is 4.98 Å². The van der Waals surface area contributed by atoms with Crippen LogP contribution in [0.2, 0.25) is 0 Å². The minimum atomic E-state index is 0. The van der Waals surface area contributed by atoms with Gasteiger partial charge in [-0.3, -0.25) is 4.90 Å². The maximum absolute atomic E-state index is 5.50. The molecule has 1 aromatic carbocycles. The van der Waals surface area contributed by atoms with Crippen LogP contribution >= 0.6 is 60.3 Å². The normalized spacial score (nSPS) is 13.9. The maximum atomic E-state index is 5.50. The lowest BCUT2D eigenvalue weighted by Crippen LogP contribution is -2.47. The van der Waals surface area contributed by atoms with E-state index in [2.05, 4.69) is 40.8 Å². The fraction of sp³-hybridized carbons (Fsp3) is 0.526. The summed E-state index contributed by atoms with van der Waals surface area (Å²) in [5.41, 5.74) is 2.43. The average molecular weight is 487 g/mol. The van der Waals surface area contributed by atoms with Gasteiger partial charge >= 0.3 is 0 Å². The first kappa shape index (κ1) is 27.6. The molecule has 0 radical (unpaired) electrons. The molecule has 1 fully saturated rings. The number of hydrogen-bond donors (Lipinski definition) is 0. The highest BCUT2D eigenvalue weighted by atomic mass is 35.5. The number of methoxy groups -OCH3 is 1. The van der Waals surface area contributed by atoms with Gasteiger partial charge in [0.2, 0.25) is 0 Å².